The monoisotopic (exact) mass is 336 g/mol. The van der Waals surface area contributed by atoms with Gasteiger partial charge in [0.2, 0.25) is 0 Å². The fraction of sp³-hybridized carbons (Fsp3) is 0.300. The van der Waals surface area contributed by atoms with Gasteiger partial charge in [0.15, 0.2) is 0 Å². The molecule has 1 unspecified atom stereocenters. The molecule has 5 nitrogen and oxygen atoms in total. The van der Waals surface area contributed by atoms with Crippen molar-refractivity contribution in [3.63, 3.8) is 0 Å². The minimum absolute atomic E-state index is 0.0866. The number of nitrogens with zero attached hydrogens (tertiary/aromatic N) is 2. The van der Waals surface area contributed by atoms with Crippen molar-refractivity contribution >= 4 is 17.8 Å². The van der Waals surface area contributed by atoms with Gasteiger partial charge in [0.25, 0.3) is 5.91 Å². The zero-order valence-electron chi connectivity index (χ0n) is 14.3. The number of carbonyl (C=O) groups excluding carboxylic acids is 1. The van der Waals surface area contributed by atoms with Gasteiger partial charge in [0.1, 0.15) is 5.82 Å². The molecule has 0 radical (unpaired) electrons. The first-order valence-corrected chi connectivity index (χ1v) is 8.64. The molecule has 0 bridgehead atoms. The molecule has 2 aromatic rings. The maximum absolute atomic E-state index is 12.1. The number of nitrogens with two attached hydrogens (primary N) is 1. The Morgan fingerprint density at radius 1 is 1.32 bits per heavy atom. The Bertz CT molecular complexity index is 729. The van der Waals surface area contributed by atoms with Gasteiger partial charge in [0.05, 0.1) is 0 Å². The van der Waals surface area contributed by atoms with Crippen molar-refractivity contribution in [2.45, 2.75) is 6.42 Å². The van der Waals surface area contributed by atoms with E-state index < -0.39 is 0 Å². The first kappa shape index (κ1) is 17.2. The van der Waals surface area contributed by atoms with Gasteiger partial charge in [-0.15, -0.1) is 0 Å². The van der Waals surface area contributed by atoms with E-state index in [1.54, 1.807) is 18.3 Å². The molecule has 0 aliphatic carbocycles. The summed E-state index contributed by atoms with van der Waals surface area (Å²) in [4.78, 5) is 18.5. The van der Waals surface area contributed by atoms with Crippen LogP contribution in [0.1, 0.15) is 22.3 Å². The SMILES string of the molecule is Nc1cc(C(=O)NCC2CCN(C/C=C/c3ccccc3)C2)ccn1. The molecule has 1 amide bonds. The van der Waals surface area contributed by atoms with Crippen LogP contribution < -0.4 is 11.1 Å². The summed E-state index contributed by atoms with van der Waals surface area (Å²) >= 11 is 0. The van der Waals surface area contributed by atoms with Crippen molar-refractivity contribution in [2.24, 2.45) is 5.92 Å². The van der Waals surface area contributed by atoms with Gasteiger partial charge in [-0.3, -0.25) is 9.69 Å². The molecule has 1 aliphatic heterocycles. The molecule has 1 aliphatic rings. The number of nitrogen functional groups attached to an aromatic ring is 1. The van der Waals surface area contributed by atoms with Crippen LogP contribution in [0.4, 0.5) is 5.82 Å². The van der Waals surface area contributed by atoms with Crippen molar-refractivity contribution in [3.8, 4) is 0 Å². The van der Waals surface area contributed by atoms with E-state index in [-0.39, 0.29) is 5.91 Å². The number of nitrogens with one attached hydrogen (secondary N) is 1. The van der Waals surface area contributed by atoms with Gasteiger partial charge in [0, 0.05) is 31.4 Å². The van der Waals surface area contributed by atoms with E-state index in [1.165, 1.54) is 5.56 Å². The number of likely N-dealkylation sites (tertiary alicyclic amines) is 1. The topological polar surface area (TPSA) is 71.2 Å². The number of pyridine rings is 1. The predicted molar refractivity (Wildman–Crippen MR) is 101 cm³/mol. The maximum Gasteiger partial charge on any atom is 0.251 e. The highest BCUT2D eigenvalue weighted by molar-refractivity contribution is 5.94. The van der Waals surface area contributed by atoms with Gasteiger partial charge in [-0.25, -0.2) is 4.98 Å². The summed E-state index contributed by atoms with van der Waals surface area (Å²) in [5.74, 6) is 0.773. The molecule has 3 rings (SSSR count). The van der Waals surface area contributed by atoms with Crippen molar-refractivity contribution in [1.82, 2.24) is 15.2 Å². The molecule has 2 heterocycles. The summed E-state index contributed by atoms with van der Waals surface area (Å²) in [7, 11) is 0. The number of benzene rings is 1. The Morgan fingerprint density at radius 3 is 2.96 bits per heavy atom. The van der Waals surface area contributed by atoms with E-state index in [2.05, 4.69) is 39.5 Å². The number of hydrogen-bond acceptors (Lipinski definition) is 4. The Balaban J connectivity index is 1.41. The molecule has 3 N–H and O–H groups in total. The number of amides is 1. The molecule has 0 spiro atoms. The molecular weight excluding hydrogens is 312 g/mol. The fourth-order valence-corrected chi connectivity index (χ4v) is 3.08. The lowest BCUT2D eigenvalue weighted by Crippen LogP contribution is -2.31. The second-order valence-corrected chi connectivity index (χ2v) is 6.41. The third-order valence-electron chi connectivity index (χ3n) is 4.44. The highest BCUT2D eigenvalue weighted by Gasteiger charge is 2.22. The highest BCUT2D eigenvalue weighted by atomic mass is 16.1. The lowest BCUT2D eigenvalue weighted by molar-refractivity contribution is 0.0947. The standard InChI is InChI=1S/C20H24N4O/c21-19-13-18(8-10-22-19)20(25)23-14-17-9-12-24(15-17)11-4-7-16-5-2-1-3-6-16/h1-8,10,13,17H,9,11-12,14-15H2,(H2,21,22)(H,23,25)/b7-4+. The van der Waals surface area contributed by atoms with E-state index >= 15 is 0 Å². The van der Waals surface area contributed by atoms with E-state index in [0.29, 0.717) is 23.8 Å². The first-order valence-electron chi connectivity index (χ1n) is 8.64. The van der Waals surface area contributed by atoms with Crippen molar-refractivity contribution in [1.29, 1.82) is 0 Å². The van der Waals surface area contributed by atoms with E-state index in [4.69, 9.17) is 5.73 Å². The predicted octanol–water partition coefficient (Wildman–Crippen LogP) is 2.43. The molecule has 0 saturated carbocycles. The van der Waals surface area contributed by atoms with Crippen LogP contribution in [0.25, 0.3) is 6.08 Å². The second-order valence-electron chi connectivity index (χ2n) is 6.41. The first-order chi connectivity index (χ1) is 12.2. The number of carbonyl (C=O) groups is 1. The summed E-state index contributed by atoms with van der Waals surface area (Å²) in [6.07, 6.45) is 7.03. The van der Waals surface area contributed by atoms with Crippen LogP contribution in [0.5, 0.6) is 0 Å². The van der Waals surface area contributed by atoms with Gasteiger partial charge in [-0.1, -0.05) is 42.5 Å². The number of anilines is 1. The zero-order valence-corrected chi connectivity index (χ0v) is 14.3. The minimum Gasteiger partial charge on any atom is -0.384 e. The normalized spacial score (nSPS) is 17.8. The van der Waals surface area contributed by atoms with Crippen molar-refractivity contribution < 1.29 is 4.79 Å². The van der Waals surface area contributed by atoms with Crippen LogP contribution >= 0.6 is 0 Å². The molecule has 5 heteroatoms. The van der Waals surface area contributed by atoms with Crippen LogP contribution in [0.15, 0.2) is 54.7 Å². The second kappa shape index (κ2) is 8.44. The average Bonchev–Trinajstić information content (AvgIpc) is 3.08. The van der Waals surface area contributed by atoms with Gasteiger partial charge >= 0.3 is 0 Å². The Kier molecular flexibility index (Phi) is 5.80. The molecule has 1 atom stereocenters. The summed E-state index contributed by atoms with van der Waals surface area (Å²) in [5.41, 5.74) is 7.40. The molecule has 1 saturated heterocycles. The van der Waals surface area contributed by atoms with Gasteiger partial charge < -0.3 is 11.1 Å². The van der Waals surface area contributed by atoms with Crippen LogP contribution in [-0.4, -0.2) is 42.0 Å². The van der Waals surface area contributed by atoms with Gasteiger partial charge in [-0.05, 0) is 36.6 Å². The van der Waals surface area contributed by atoms with Crippen molar-refractivity contribution in [2.75, 3.05) is 31.9 Å². The highest BCUT2D eigenvalue weighted by Crippen LogP contribution is 2.15. The number of hydrogen-bond donors (Lipinski definition) is 2. The van der Waals surface area contributed by atoms with Crippen LogP contribution in [-0.2, 0) is 0 Å². The van der Waals surface area contributed by atoms with Crippen molar-refractivity contribution in [3.05, 3.63) is 65.9 Å². The molecule has 1 aromatic heterocycles. The summed E-state index contributed by atoms with van der Waals surface area (Å²) in [5, 5.41) is 3.00. The number of aromatic nitrogens is 1. The summed E-state index contributed by atoms with van der Waals surface area (Å²) < 4.78 is 0. The lowest BCUT2D eigenvalue weighted by atomic mass is 10.1. The Labute approximate surface area is 148 Å². The largest absolute Gasteiger partial charge is 0.384 e. The summed E-state index contributed by atoms with van der Waals surface area (Å²) in [6, 6.07) is 13.6. The zero-order chi connectivity index (χ0) is 17.5. The molecule has 130 valence electrons. The van der Waals surface area contributed by atoms with Crippen LogP contribution in [0.2, 0.25) is 0 Å². The molecule has 1 aromatic carbocycles. The Hall–Kier alpha value is -2.66. The van der Waals surface area contributed by atoms with Crippen LogP contribution in [0, 0.1) is 5.92 Å². The minimum atomic E-state index is -0.0866. The molecule has 25 heavy (non-hydrogen) atoms. The van der Waals surface area contributed by atoms with Crippen LogP contribution in [0.3, 0.4) is 0 Å². The van der Waals surface area contributed by atoms with Gasteiger partial charge in [-0.2, -0.15) is 0 Å². The summed E-state index contributed by atoms with van der Waals surface area (Å²) in [6.45, 7) is 3.72. The van der Waals surface area contributed by atoms with E-state index in [1.807, 2.05) is 18.2 Å². The number of rotatable bonds is 6. The third-order valence-corrected chi connectivity index (χ3v) is 4.44. The fourth-order valence-electron chi connectivity index (χ4n) is 3.08. The third kappa shape index (κ3) is 5.16. The van der Waals surface area contributed by atoms with E-state index in [0.717, 1.165) is 26.1 Å². The lowest BCUT2D eigenvalue weighted by Gasteiger charge is -2.14. The molecule has 1 fully saturated rings. The quantitative estimate of drug-likeness (QED) is 0.850. The average molecular weight is 336 g/mol. The molecular formula is C20H24N4O. The Morgan fingerprint density at radius 2 is 2.16 bits per heavy atom. The van der Waals surface area contributed by atoms with E-state index in [9.17, 15) is 4.79 Å². The maximum atomic E-state index is 12.1. The smallest absolute Gasteiger partial charge is 0.251 e.